The SMILES string of the molecule is Cc1cccc(Oc2cncc(CNC(C)(C)C)n2)c1C. The van der Waals surface area contributed by atoms with Crippen LogP contribution < -0.4 is 10.1 Å². The lowest BCUT2D eigenvalue weighted by Gasteiger charge is -2.20. The lowest BCUT2D eigenvalue weighted by molar-refractivity contribution is 0.414. The third kappa shape index (κ3) is 4.53. The van der Waals surface area contributed by atoms with Crippen molar-refractivity contribution in [2.24, 2.45) is 0 Å². The molecule has 1 aromatic heterocycles. The Labute approximate surface area is 126 Å². The van der Waals surface area contributed by atoms with E-state index in [0.717, 1.165) is 17.0 Å². The van der Waals surface area contributed by atoms with E-state index in [4.69, 9.17) is 4.74 Å². The Morgan fingerprint density at radius 2 is 1.90 bits per heavy atom. The van der Waals surface area contributed by atoms with E-state index in [9.17, 15) is 0 Å². The van der Waals surface area contributed by atoms with Gasteiger partial charge >= 0.3 is 0 Å². The van der Waals surface area contributed by atoms with Crippen LogP contribution in [0.15, 0.2) is 30.6 Å². The van der Waals surface area contributed by atoms with Gasteiger partial charge in [0.2, 0.25) is 5.88 Å². The third-order valence-corrected chi connectivity index (χ3v) is 3.23. The quantitative estimate of drug-likeness (QED) is 0.928. The fourth-order valence-corrected chi connectivity index (χ4v) is 1.82. The van der Waals surface area contributed by atoms with Gasteiger partial charge in [-0.15, -0.1) is 0 Å². The summed E-state index contributed by atoms with van der Waals surface area (Å²) >= 11 is 0. The molecule has 0 saturated heterocycles. The summed E-state index contributed by atoms with van der Waals surface area (Å²) < 4.78 is 5.86. The van der Waals surface area contributed by atoms with Gasteiger partial charge in [0, 0.05) is 18.3 Å². The highest BCUT2D eigenvalue weighted by atomic mass is 16.5. The maximum atomic E-state index is 5.86. The summed E-state index contributed by atoms with van der Waals surface area (Å²) in [4.78, 5) is 8.70. The molecule has 0 aliphatic heterocycles. The molecule has 0 atom stereocenters. The van der Waals surface area contributed by atoms with Gasteiger partial charge in [0.25, 0.3) is 0 Å². The second-order valence-electron chi connectivity index (χ2n) is 6.25. The average molecular weight is 285 g/mol. The fourth-order valence-electron chi connectivity index (χ4n) is 1.82. The van der Waals surface area contributed by atoms with Crippen molar-refractivity contribution in [1.82, 2.24) is 15.3 Å². The maximum absolute atomic E-state index is 5.86. The number of hydrogen-bond acceptors (Lipinski definition) is 4. The van der Waals surface area contributed by atoms with Crippen molar-refractivity contribution < 1.29 is 4.74 Å². The summed E-state index contributed by atoms with van der Waals surface area (Å²) in [7, 11) is 0. The first-order chi connectivity index (χ1) is 9.85. The van der Waals surface area contributed by atoms with Crippen LogP contribution in [-0.2, 0) is 6.54 Å². The number of aryl methyl sites for hydroxylation is 1. The molecule has 1 heterocycles. The van der Waals surface area contributed by atoms with Gasteiger partial charge in [-0.2, -0.15) is 0 Å². The number of nitrogens with zero attached hydrogens (tertiary/aromatic N) is 2. The van der Waals surface area contributed by atoms with Gasteiger partial charge < -0.3 is 10.1 Å². The zero-order chi connectivity index (χ0) is 15.5. The van der Waals surface area contributed by atoms with Crippen molar-refractivity contribution in [2.75, 3.05) is 0 Å². The topological polar surface area (TPSA) is 47.0 Å². The molecule has 2 rings (SSSR count). The van der Waals surface area contributed by atoms with E-state index in [1.807, 2.05) is 19.1 Å². The number of benzene rings is 1. The molecule has 1 aromatic carbocycles. The molecule has 0 spiro atoms. The molecule has 112 valence electrons. The van der Waals surface area contributed by atoms with Crippen molar-refractivity contribution in [3.63, 3.8) is 0 Å². The predicted octanol–water partition coefficient (Wildman–Crippen LogP) is 3.77. The van der Waals surface area contributed by atoms with Gasteiger partial charge in [0.1, 0.15) is 5.75 Å². The van der Waals surface area contributed by atoms with E-state index < -0.39 is 0 Å². The van der Waals surface area contributed by atoms with E-state index in [1.54, 1.807) is 12.4 Å². The summed E-state index contributed by atoms with van der Waals surface area (Å²) in [5.74, 6) is 1.35. The molecule has 0 amide bonds. The lowest BCUT2D eigenvalue weighted by atomic mass is 10.1. The number of rotatable bonds is 4. The van der Waals surface area contributed by atoms with Crippen molar-refractivity contribution in [2.45, 2.75) is 46.7 Å². The highest BCUT2D eigenvalue weighted by Crippen LogP contribution is 2.25. The van der Waals surface area contributed by atoms with Crippen molar-refractivity contribution in [1.29, 1.82) is 0 Å². The molecule has 0 unspecified atom stereocenters. The van der Waals surface area contributed by atoms with Crippen molar-refractivity contribution in [3.8, 4) is 11.6 Å². The number of nitrogens with one attached hydrogen (secondary N) is 1. The normalized spacial score (nSPS) is 11.5. The first-order valence-electron chi connectivity index (χ1n) is 7.15. The Hall–Kier alpha value is -1.94. The standard InChI is InChI=1S/C17H23N3O/c1-12-7-6-8-15(13(12)2)21-16-11-18-9-14(20-16)10-19-17(3,4)5/h6-9,11,19H,10H2,1-5H3. The van der Waals surface area contributed by atoms with Crippen LogP contribution in [0, 0.1) is 13.8 Å². The molecule has 0 fully saturated rings. The fraction of sp³-hybridized carbons (Fsp3) is 0.412. The monoisotopic (exact) mass is 285 g/mol. The molecule has 0 radical (unpaired) electrons. The lowest BCUT2D eigenvalue weighted by Crippen LogP contribution is -2.35. The minimum atomic E-state index is 0.0473. The highest BCUT2D eigenvalue weighted by Gasteiger charge is 2.10. The Kier molecular flexibility index (Phi) is 4.58. The summed E-state index contributed by atoms with van der Waals surface area (Å²) in [6.45, 7) is 11.1. The first kappa shape index (κ1) is 15.4. The van der Waals surface area contributed by atoms with Crippen LogP contribution in [-0.4, -0.2) is 15.5 Å². The summed E-state index contributed by atoms with van der Waals surface area (Å²) in [6, 6.07) is 6.00. The van der Waals surface area contributed by atoms with Gasteiger partial charge in [-0.1, -0.05) is 12.1 Å². The summed E-state index contributed by atoms with van der Waals surface area (Å²) in [5.41, 5.74) is 3.24. The number of hydrogen-bond donors (Lipinski definition) is 1. The van der Waals surface area contributed by atoms with Crippen LogP contribution in [0.4, 0.5) is 0 Å². The molecule has 0 saturated carbocycles. The van der Waals surface area contributed by atoms with Crippen molar-refractivity contribution in [3.05, 3.63) is 47.4 Å². The molecule has 1 N–H and O–H groups in total. The largest absolute Gasteiger partial charge is 0.437 e. The van der Waals surface area contributed by atoms with Crippen molar-refractivity contribution >= 4 is 0 Å². The summed E-state index contributed by atoms with van der Waals surface area (Å²) in [5, 5.41) is 3.39. The molecular formula is C17H23N3O. The third-order valence-electron chi connectivity index (χ3n) is 3.23. The van der Waals surface area contributed by atoms with Crippen LogP contribution in [0.5, 0.6) is 11.6 Å². The molecule has 21 heavy (non-hydrogen) atoms. The molecule has 0 aliphatic rings. The van der Waals surface area contributed by atoms with E-state index in [1.165, 1.54) is 5.56 Å². The summed E-state index contributed by atoms with van der Waals surface area (Å²) in [6.07, 6.45) is 3.40. The van der Waals surface area contributed by atoms with Gasteiger partial charge in [0.05, 0.1) is 11.9 Å². The molecule has 0 bridgehead atoms. The van der Waals surface area contributed by atoms with Crippen LogP contribution in [0.25, 0.3) is 0 Å². The Morgan fingerprint density at radius 1 is 1.14 bits per heavy atom. The van der Waals surface area contributed by atoms with E-state index in [2.05, 4.69) is 49.0 Å². The van der Waals surface area contributed by atoms with Gasteiger partial charge in [-0.05, 0) is 51.8 Å². The van der Waals surface area contributed by atoms with Crippen LogP contribution in [0.2, 0.25) is 0 Å². The van der Waals surface area contributed by atoms with Crippen LogP contribution >= 0.6 is 0 Å². The Morgan fingerprint density at radius 3 is 2.62 bits per heavy atom. The van der Waals surface area contributed by atoms with Crippen LogP contribution in [0.3, 0.4) is 0 Å². The Bertz CT molecular complexity index is 618. The van der Waals surface area contributed by atoms with Crippen LogP contribution in [0.1, 0.15) is 37.6 Å². The second-order valence-corrected chi connectivity index (χ2v) is 6.25. The van der Waals surface area contributed by atoms with Gasteiger partial charge in [-0.25, -0.2) is 4.98 Å². The minimum Gasteiger partial charge on any atom is -0.437 e. The maximum Gasteiger partial charge on any atom is 0.238 e. The average Bonchev–Trinajstić information content (AvgIpc) is 2.41. The van der Waals surface area contributed by atoms with E-state index in [-0.39, 0.29) is 5.54 Å². The first-order valence-corrected chi connectivity index (χ1v) is 7.15. The van der Waals surface area contributed by atoms with E-state index in [0.29, 0.717) is 12.4 Å². The molecule has 4 heteroatoms. The highest BCUT2D eigenvalue weighted by molar-refractivity contribution is 5.40. The molecule has 2 aromatic rings. The number of ether oxygens (including phenoxy) is 1. The second kappa shape index (κ2) is 6.22. The number of aromatic nitrogens is 2. The Balaban J connectivity index is 2.12. The smallest absolute Gasteiger partial charge is 0.238 e. The zero-order valence-corrected chi connectivity index (χ0v) is 13.4. The molecule has 4 nitrogen and oxygen atoms in total. The van der Waals surface area contributed by atoms with Gasteiger partial charge in [-0.3, -0.25) is 4.98 Å². The minimum absolute atomic E-state index is 0.0473. The van der Waals surface area contributed by atoms with Gasteiger partial charge in [0.15, 0.2) is 0 Å². The molecular weight excluding hydrogens is 262 g/mol. The molecule has 0 aliphatic carbocycles. The zero-order valence-electron chi connectivity index (χ0n) is 13.4. The van der Waals surface area contributed by atoms with E-state index >= 15 is 0 Å². The predicted molar refractivity (Wildman–Crippen MR) is 84.6 cm³/mol.